The number of halogens is 1. The fourth-order valence-corrected chi connectivity index (χ4v) is 4.50. The van der Waals surface area contributed by atoms with Crippen LogP contribution in [-0.2, 0) is 24.4 Å². The molecule has 0 bridgehead atoms. The number of hydrogen-bond acceptors (Lipinski definition) is 4. The highest BCUT2D eigenvalue weighted by molar-refractivity contribution is 6.30. The number of ether oxygens (including phenoxy) is 1. The maximum atomic E-state index is 12.2. The molecule has 3 aromatic carbocycles. The van der Waals surface area contributed by atoms with Crippen molar-refractivity contribution < 1.29 is 9.53 Å². The minimum atomic E-state index is -0.245. The first-order valence-electron chi connectivity index (χ1n) is 11.3. The lowest BCUT2D eigenvalue weighted by atomic mass is 10.1. The average Bonchev–Trinajstić information content (AvgIpc) is 3.13. The normalized spacial score (nSPS) is 11.2. The number of hydrazine groups is 1. The third-order valence-electron chi connectivity index (χ3n) is 6.22. The molecule has 5 aromatic rings. The number of nitrogens with zero attached hydrogens (tertiary/aromatic N) is 2. The van der Waals surface area contributed by atoms with Gasteiger partial charge >= 0.3 is 0 Å². The van der Waals surface area contributed by atoms with E-state index < -0.39 is 0 Å². The van der Waals surface area contributed by atoms with Gasteiger partial charge < -0.3 is 9.30 Å². The molecule has 0 unspecified atom stereocenters. The smallest absolute Gasteiger partial charge is 0.238 e. The third-order valence-corrected chi connectivity index (χ3v) is 6.47. The third kappa shape index (κ3) is 4.85. The van der Waals surface area contributed by atoms with Crippen molar-refractivity contribution in [3.05, 3.63) is 106 Å². The molecule has 0 aliphatic heterocycles. The second-order valence-corrected chi connectivity index (χ2v) is 8.92. The van der Waals surface area contributed by atoms with Crippen molar-refractivity contribution in [2.75, 3.05) is 0 Å². The maximum Gasteiger partial charge on any atom is 0.238 e. The first-order valence-corrected chi connectivity index (χ1v) is 11.7. The number of benzene rings is 3. The van der Waals surface area contributed by atoms with E-state index in [-0.39, 0.29) is 12.3 Å². The van der Waals surface area contributed by atoms with Crippen molar-refractivity contribution in [2.45, 2.75) is 26.5 Å². The molecule has 7 heteroatoms. The van der Waals surface area contributed by atoms with Crippen LogP contribution in [0.15, 0.2) is 78.9 Å². The van der Waals surface area contributed by atoms with Crippen LogP contribution in [-0.4, -0.2) is 15.5 Å². The number of pyridine rings is 1. The van der Waals surface area contributed by atoms with E-state index in [2.05, 4.69) is 15.0 Å². The van der Waals surface area contributed by atoms with Gasteiger partial charge in [-0.05, 0) is 60.5 Å². The van der Waals surface area contributed by atoms with Gasteiger partial charge in [-0.25, -0.2) is 10.8 Å². The number of amides is 1. The van der Waals surface area contributed by atoms with Crippen LogP contribution in [0.1, 0.15) is 22.5 Å². The summed E-state index contributed by atoms with van der Waals surface area (Å²) >= 11 is 6.06. The van der Waals surface area contributed by atoms with Crippen molar-refractivity contribution in [1.29, 1.82) is 0 Å². The van der Waals surface area contributed by atoms with Crippen molar-refractivity contribution in [1.82, 2.24) is 15.0 Å². The van der Waals surface area contributed by atoms with Gasteiger partial charge in [0.2, 0.25) is 5.91 Å². The molecule has 0 aliphatic carbocycles. The second-order valence-electron chi connectivity index (χ2n) is 8.48. The van der Waals surface area contributed by atoms with Crippen molar-refractivity contribution in [2.24, 2.45) is 5.84 Å². The predicted molar refractivity (Wildman–Crippen MR) is 139 cm³/mol. The van der Waals surface area contributed by atoms with Crippen LogP contribution in [0.3, 0.4) is 0 Å². The molecule has 5 rings (SSSR count). The number of para-hydroxylation sites is 1. The van der Waals surface area contributed by atoms with Crippen LogP contribution in [0.4, 0.5) is 0 Å². The molecule has 6 nitrogen and oxygen atoms in total. The zero-order valence-corrected chi connectivity index (χ0v) is 20.0. The number of rotatable bonds is 7. The average molecular weight is 485 g/mol. The highest BCUT2D eigenvalue weighted by Crippen LogP contribution is 2.31. The van der Waals surface area contributed by atoms with Gasteiger partial charge in [-0.15, -0.1) is 0 Å². The number of nitrogens with two attached hydrogens (primary N) is 1. The highest BCUT2D eigenvalue weighted by atomic mass is 35.5. The minimum Gasteiger partial charge on any atom is -0.487 e. The van der Waals surface area contributed by atoms with Crippen LogP contribution in [0, 0.1) is 6.92 Å². The molecule has 0 saturated carbocycles. The molecule has 3 N–H and O–H groups in total. The zero-order chi connectivity index (χ0) is 24.4. The molecule has 1 amide bonds. The Morgan fingerprint density at radius 1 is 1.06 bits per heavy atom. The van der Waals surface area contributed by atoms with E-state index in [0.717, 1.165) is 44.3 Å². The summed E-state index contributed by atoms with van der Waals surface area (Å²) in [5.74, 6) is 5.86. The van der Waals surface area contributed by atoms with Gasteiger partial charge in [0.25, 0.3) is 0 Å². The van der Waals surface area contributed by atoms with Gasteiger partial charge in [0.15, 0.2) is 0 Å². The fraction of sp³-hybridized carbons (Fsp3) is 0.143. The molecule has 0 spiro atoms. The van der Waals surface area contributed by atoms with Crippen LogP contribution >= 0.6 is 11.6 Å². The van der Waals surface area contributed by atoms with E-state index in [1.165, 1.54) is 0 Å². The number of carbonyl (C=O) groups excluding carboxylic acids is 1. The number of aromatic nitrogens is 2. The lowest BCUT2D eigenvalue weighted by Gasteiger charge is -2.10. The Morgan fingerprint density at radius 2 is 1.86 bits per heavy atom. The second kappa shape index (κ2) is 9.78. The van der Waals surface area contributed by atoms with Gasteiger partial charge in [-0.3, -0.25) is 10.2 Å². The van der Waals surface area contributed by atoms with Crippen LogP contribution in [0.5, 0.6) is 5.75 Å². The molecule has 0 atom stereocenters. The van der Waals surface area contributed by atoms with Crippen molar-refractivity contribution in [3.8, 4) is 5.75 Å². The van der Waals surface area contributed by atoms with E-state index in [0.29, 0.717) is 23.9 Å². The zero-order valence-electron chi connectivity index (χ0n) is 19.3. The quantitative estimate of drug-likeness (QED) is 0.186. The van der Waals surface area contributed by atoms with Crippen molar-refractivity contribution >= 4 is 39.3 Å². The number of fused-ring (bicyclic) bond motifs is 2. The molecule has 2 heterocycles. The first kappa shape index (κ1) is 22.9. The van der Waals surface area contributed by atoms with Gasteiger partial charge in [-0.2, -0.15) is 0 Å². The maximum absolute atomic E-state index is 12.2. The molecule has 35 heavy (non-hydrogen) atoms. The monoisotopic (exact) mass is 484 g/mol. The highest BCUT2D eigenvalue weighted by Gasteiger charge is 2.18. The molecular weight excluding hydrogens is 460 g/mol. The molecule has 0 radical (unpaired) electrons. The Bertz CT molecular complexity index is 1530. The fourth-order valence-electron chi connectivity index (χ4n) is 4.38. The summed E-state index contributed by atoms with van der Waals surface area (Å²) in [5, 5.41) is 2.76. The standard InChI is InChI=1S/C28H25ClN4O2/c1-18-24(15-28(34)32-30)25-14-23(35-17-22-11-8-20-4-2-3-5-26(20)31-22)12-13-27(25)33(18)16-19-6-9-21(29)10-7-19/h2-14H,15-17,30H2,1H3,(H,32,34). The molecule has 176 valence electrons. The van der Waals surface area contributed by atoms with Crippen LogP contribution in [0.25, 0.3) is 21.8 Å². The summed E-state index contributed by atoms with van der Waals surface area (Å²) in [6.45, 7) is 3.03. The minimum absolute atomic E-state index is 0.183. The Balaban J connectivity index is 1.47. The summed E-state index contributed by atoms with van der Waals surface area (Å²) in [6, 6.07) is 25.8. The van der Waals surface area contributed by atoms with E-state index >= 15 is 0 Å². The summed E-state index contributed by atoms with van der Waals surface area (Å²) in [5.41, 5.74) is 8.10. The molecule has 0 aliphatic rings. The Labute approximate surface area is 208 Å². The Morgan fingerprint density at radius 3 is 2.66 bits per heavy atom. The van der Waals surface area contributed by atoms with Gasteiger partial charge in [0, 0.05) is 33.6 Å². The van der Waals surface area contributed by atoms with E-state index in [9.17, 15) is 4.79 Å². The number of carbonyl (C=O) groups is 1. The Kier molecular flexibility index (Phi) is 6.40. The first-order chi connectivity index (χ1) is 17.0. The van der Waals surface area contributed by atoms with Crippen LogP contribution < -0.4 is 16.0 Å². The molecule has 2 aromatic heterocycles. The van der Waals surface area contributed by atoms with Crippen molar-refractivity contribution in [3.63, 3.8) is 0 Å². The van der Waals surface area contributed by atoms with E-state index in [1.807, 2.05) is 85.8 Å². The molecule has 0 saturated heterocycles. The largest absolute Gasteiger partial charge is 0.487 e. The summed E-state index contributed by atoms with van der Waals surface area (Å²) in [6.07, 6.45) is 0.183. The summed E-state index contributed by atoms with van der Waals surface area (Å²) in [4.78, 5) is 16.9. The summed E-state index contributed by atoms with van der Waals surface area (Å²) < 4.78 is 8.31. The van der Waals surface area contributed by atoms with E-state index in [4.69, 9.17) is 22.2 Å². The lowest BCUT2D eigenvalue weighted by Crippen LogP contribution is -2.31. The number of nitrogens with one attached hydrogen (secondary N) is 1. The molecular formula is C28H25ClN4O2. The van der Waals surface area contributed by atoms with E-state index in [1.54, 1.807) is 0 Å². The summed E-state index contributed by atoms with van der Waals surface area (Å²) in [7, 11) is 0. The SMILES string of the molecule is Cc1c(CC(=O)NN)c2cc(OCc3ccc4ccccc4n3)ccc2n1Cc1ccc(Cl)cc1. The number of hydrogen-bond donors (Lipinski definition) is 2. The van der Waals surface area contributed by atoms with Gasteiger partial charge in [-0.1, -0.05) is 48.0 Å². The van der Waals surface area contributed by atoms with Crippen LogP contribution in [0.2, 0.25) is 5.02 Å². The van der Waals surface area contributed by atoms with Gasteiger partial charge in [0.1, 0.15) is 12.4 Å². The molecule has 0 fully saturated rings. The Hall–Kier alpha value is -3.87. The lowest BCUT2D eigenvalue weighted by molar-refractivity contribution is -0.120. The topological polar surface area (TPSA) is 82.2 Å². The van der Waals surface area contributed by atoms with Gasteiger partial charge in [0.05, 0.1) is 17.6 Å². The predicted octanol–water partition coefficient (Wildman–Crippen LogP) is 5.31.